The lowest BCUT2D eigenvalue weighted by molar-refractivity contribution is 0.0564. The summed E-state index contributed by atoms with van der Waals surface area (Å²) in [6.07, 6.45) is 6.72. The number of phenolic OH excluding ortho intramolecular Hbond substituents is 1. The number of hydrogen-bond donors (Lipinski definition) is 1. The van der Waals surface area contributed by atoms with Crippen LogP contribution >= 0.6 is 11.6 Å². The van der Waals surface area contributed by atoms with Crippen LogP contribution in [0.15, 0.2) is 48.8 Å². The molecule has 0 radical (unpaired) electrons. The van der Waals surface area contributed by atoms with Gasteiger partial charge >= 0.3 is 12.2 Å². The van der Waals surface area contributed by atoms with E-state index in [1.165, 1.54) is 26.3 Å². The molecule has 2 fully saturated rings. The van der Waals surface area contributed by atoms with E-state index in [-0.39, 0.29) is 23.0 Å². The minimum atomic E-state index is -0.645. The van der Waals surface area contributed by atoms with E-state index in [4.69, 9.17) is 21.1 Å². The van der Waals surface area contributed by atoms with Crippen molar-refractivity contribution in [2.75, 3.05) is 9.80 Å². The zero-order valence-electron chi connectivity index (χ0n) is 29.6. The maximum absolute atomic E-state index is 13.0. The van der Waals surface area contributed by atoms with Gasteiger partial charge in [-0.05, 0) is 91.5 Å². The highest BCUT2D eigenvalue weighted by Gasteiger charge is 2.39. The van der Waals surface area contributed by atoms with Crippen LogP contribution in [0, 0.1) is 0 Å². The Morgan fingerprint density at radius 2 is 1.21 bits per heavy atom. The molecule has 4 heterocycles. The van der Waals surface area contributed by atoms with E-state index in [9.17, 15) is 24.3 Å². The number of aromatic hydroxyl groups is 1. The molecule has 1 aromatic carbocycles. The lowest BCUT2D eigenvalue weighted by atomic mass is 10.1. The summed E-state index contributed by atoms with van der Waals surface area (Å²) in [5, 5.41) is 18.2. The zero-order valence-corrected chi connectivity index (χ0v) is 30.4. The maximum Gasteiger partial charge on any atom is 0.416 e. The molecule has 4 aromatic heterocycles. The van der Waals surface area contributed by atoms with Gasteiger partial charge < -0.3 is 14.6 Å². The number of hydrogen-bond acceptors (Lipinski definition) is 11. The molecule has 0 atom stereocenters. The largest absolute Gasteiger partial charge is 0.508 e. The van der Waals surface area contributed by atoms with Gasteiger partial charge in [-0.25, -0.2) is 19.6 Å². The molecule has 2 aliphatic carbocycles. The summed E-state index contributed by atoms with van der Waals surface area (Å²) in [6, 6.07) is 9.92. The highest BCUT2D eigenvalue weighted by molar-refractivity contribution is 6.30. The number of anilines is 2. The Morgan fingerprint density at radius 1 is 0.769 bits per heavy atom. The van der Waals surface area contributed by atoms with Gasteiger partial charge in [0.1, 0.15) is 33.7 Å². The van der Waals surface area contributed by atoms with Gasteiger partial charge in [0.05, 0.1) is 29.2 Å². The first-order valence-electron chi connectivity index (χ1n) is 16.7. The monoisotopic (exact) mass is 730 g/mol. The number of amides is 2. The topological polar surface area (TPSA) is 174 Å². The van der Waals surface area contributed by atoms with Crippen LogP contribution < -0.4 is 9.80 Å². The first kappa shape index (κ1) is 36.2. The van der Waals surface area contributed by atoms with Crippen LogP contribution in [-0.2, 0) is 9.47 Å². The second-order valence-corrected chi connectivity index (χ2v) is 14.9. The highest BCUT2D eigenvalue weighted by atomic mass is 35.5. The quantitative estimate of drug-likeness (QED) is 0.136. The van der Waals surface area contributed by atoms with E-state index < -0.39 is 23.4 Å². The van der Waals surface area contributed by atoms with Crippen molar-refractivity contribution in [3.63, 3.8) is 0 Å². The van der Waals surface area contributed by atoms with E-state index in [0.29, 0.717) is 52.3 Å². The van der Waals surface area contributed by atoms with Crippen molar-refractivity contribution in [3.05, 3.63) is 65.1 Å². The number of nitrogens with zero attached hydrogens (tertiary/aromatic N) is 8. The van der Waals surface area contributed by atoms with Gasteiger partial charge in [0.25, 0.3) is 0 Å². The number of carbonyl (C=O) groups is 4. The number of rotatable bonds is 7. The van der Waals surface area contributed by atoms with E-state index in [2.05, 4.69) is 20.2 Å². The van der Waals surface area contributed by atoms with E-state index in [1.807, 2.05) is 41.5 Å². The van der Waals surface area contributed by atoms with Crippen LogP contribution in [0.3, 0.4) is 0 Å². The summed E-state index contributed by atoms with van der Waals surface area (Å²) < 4.78 is 14.1. The SMILES string of the molecule is CC(C)(C)OC(=O)N(c1cc(-c2ccc(O)cc2)nc2c(C=O)cnn12)C1CC1.CC(C)(C)OC(=O)N(c1cc(Cl)nc2c(C=O)cnn12)C1CC1. The molecule has 2 amide bonds. The maximum atomic E-state index is 13.0. The molecule has 16 heteroatoms. The fourth-order valence-corrected chi connectivity index (χ4v) is 5.51. The molecule has 2 aliphatic rings. The third-order valence-corrected chi connectivity index (χ3v) is 8.04. The molecule has 52 heavy (non-hydrogen) atoms. The van der Waals surface area contributed by atoms with Crippen LogP contribution in [0.1, 0.15) is 87.9 Å². The summed E-state index contributed by atoms with van der Waals surface area (Å²) in [5.41, 5.74) is 1.36. The zero-order chi connectivity index (χ0) is 37.5. The first-order valence-corrected chi connectivity index (χ1v) is 17.1. The van der Waals surface area contributed by atoms with Gasteiger partial charge in [-0.2, -0.15) is 19.2 Å². The Balaban J connectivity index is 0.000000183. The fraction of sp³-hybridized carbons (Fsp3) is 0.389. The molecule has 0 saturated heterocycles. The second kappa shape index (κ2) is 13.9. The van der Waals surface area contributed by atoms with Gasteiger partial charge in [0.2, 0.25) is 0 Å². The smallest absolute Gasteiger partial charge is 0.416 e. The first-order chi connectivity index (χ1) is 24.6. The van der Waals surface area contributed by atoms with Crippen LogP contribution in [0.5, 0.6) is 5.75 Å². The minimum Gasteiger partial charge on any atom is -0.508 e. The van der Waals surface area contributed by atoms with Crippen LogP contribution in [-0.4, -0.2) is 82.3 Å². The van der Waals surface area contributed by atoms with E-state index >= 15 is 0 Å². The molecule has 0 spiro atoms. The molecule has 0 bridgehead atoms. The van der Waals surface area contributed by atoms with Crippen molar-refractivity contribution >= 4 is 59.3 Å². The lowest BCUT2D eigenvalue weighted by Crippen LogP contribution is -2.39. The third kappa shape index (κ3) is 7.99. The molecule has 0 aliphatic heterocycles. The number of aldehydes is 2. The Labute approximate surface area is 304 Å². The normalized spacial score (nSPS) is 14.4. The lowest BCUT2D eigenvalue weighted by Gasteiger charge is -2.27. The molecule has 1 N–H and O–H groups in total. The van der Waals surface area contributed by atoms with Gasteiger partial charge in [-0.3, -0.25) is 19.4 Å². The summed E-state index contributed by atoms with van der Waals surface area (Å²) >= 11 is 6.07. The van der Waals surface area contributed by atoms with Gasteiger partial charge in [0.15, 0.2) is 23.9 Å². The van der Waals surface area contributed by atoms with Crippen molar-refractivity contribution < 1.29 is 33.8 Å². The molecule has 2 saturated carbocycles. The Bertz CT molecular complexity index is 2160. The van der Waals surface area contributed by atoms with E-state index in [1.54, 1.807) is 41.3 Å². The average Bonchev–Trinajstić information content (AvgIpc) is 3.99. The number of aromatic nitrogens is 6. The molecule has 0 unspecified atom stereocenters. The van der Waals surface area contributed by atoms with Crippen LogP contribution in [0.2, 0.25) is 5.15 Å². The van der Waals surface area contributed by atoms with Crippen LogP contribution in [0.4, 0.5) is 21.2 Å². The van der Waals surface area contributed by atoms with Crippen molar-refractivity contribution in [1.29, 1.82) is 0 Å². The van der Waals surface area contributed by atoms with Gasteiger partial charge in [0, 0.05) is 29.8 Å². The Kier molecular flexibility index (Phi) is 9.66. The molecular formula is C36H39ClN8O7. The Hall–Kier alpha value is -5.57. The van der Waals surface area contributed by atoms with Gasteiger partial charge in [-0.1, -0.05) is 11.6 Å². The van der Waals surface area contributed by atoms with Crippen molar-refractivity contribution in [1.82, 2.24) is 29.2 Å². The van der Waals surface area contributed by atoms with Crippen LogP contribution in [0.25, 0.3) is 22.6 Å². The fourth-order valence-electron chi connectivity index (χ4n) is 5.34. The standard InChI is InChI=1S/C21H22N4O4.C15H17ClN4O3/c1-21(2,3)29-20(28)24(15-6-7-15)18-10-17(13-4-8-16(27)9-5-13)23-19-14(12-26)11-22-25(18)19;1-15(2,3)23-14(22)19(10-4-5-10)12-6-11(16)18-13-9(8-21)7-17-20(12)13/h4-5,8-12,15,27H,6-7H2,1-3H3;6-8,10H,4-5H2,1-3H3. The summed E-state index contributed by atoms with van der Waals surface area (Å²) in [6.45, 7) is 10.9. The van der Waals surface area contributed by atoms with Crippen molar-refractivity contribution in [2.45, 2.75) is 90.5 Å². The molecule has 15 nitrogen and oxygen atoms in total. The summed E-state index contributed by atoms with van der Waals surface area (Å²) in [7, 11) is 0. The van der Waals surface area contributed by atoms with E-state index in [0.717, 1.165) is 31.2 Å². The predicted molar refractivity (Wildman–Crippen MR) is 192 cm³/mol. The highest BCUT2D eigenvalue weighted by Crippen LogP contribution is 2.36. The molecule has 7 rings (SSSR count). The number of fused-ring (bicyclic) bond motifs is 2. The number of carbonyl (C=O) groups excluding carboxylic acids is 4. The summed E-state index contributed by atoms with van der Waals surface area (Å²) in [5.74, 6) is 1.08. The average molecular weight is 731 g/mol. The molecule has 5 aromatic rings. The second-order valence-electron chi connectivity index (χ2n) is 14.6. The summed E-state index contributed by atoms with van der Waals surface area (Å²) in [4.78, 5) is 60.0. The molecule has 272 valence electrons. The predicted octanol–water partition coefficient (Wildman–Crippen LogP) is 6.92. The number of halogens is 1. The number of ether oxygens (including phenoxy) is 2. The van der Waals surface area contributed by atoms with Crippen molar-refractivity contribution in [3.8, 4) is 17.0 Å². The minimum absolute atomic E-state index is 0.00648. The number of benzene rings is 1. The third-order valence-electron chi connectivity index (χ3n) is 7.84. The van der Waals surface area contributed by atoms with Gasteiger partial charge in [-0.15, -0.1) is 0 Å². The molecular weight excluding hydrogens is 692 g/mol. The Morgan fingerprint density at radius 3 is 1.63 bits per heavy atom. The number of phenols is 1. The van der Waals surface area contributed by atoms with Crippen molar-refractivity contribution in [2.24, 2.45) is 0 Å².